The highest BCUT2D eigenvalue weighted by molar-refractivity contribution is 6.30. The monoisotopic (exact) mass is 467 g/mol. The lowest BCUT2D eigenvalue weighted by atomic mass is 10.0. The number of aromatic nitrogens is 3. The highest BCUT2D eigenvalue weighted by atomic mass is 35.5. The summed E-state index contributed by atoms with van der Waals surface area (Å²) in [6, 6.07) is 13.6. The Balaban J connectivity index is 1.41. The highest BCUT2D eigenvalue weighted by Crippen LogP contribution is 2.36. The summed E-state index contributed by atoms with van der Waals surface area (Å²) in [5, 5.41) is 14.3. The van der Waals surface area contributed by atoms with Gasteiger partial charge in [-0.3, -0.25) is 5.10 Å². The first-order valence-electron chi connectivity index (χ1n) is 11.2. The van der Waals surface area contributed by atoms with Gasteiger partial charge in [0.25, 0.3) is 0 Å². The lowest BCUT2D eigenvalue weighted by Gasteiger charge is -2.14. The van der Waals surface area contributed by atoms with Gasteiger partial charge in [-0.05, 0) is 55.5 Å². The number of hydrogen-bond donors (Lipinski definition) is 3. The maximum Gasteiger partial charge on any atom is 0.407 e. The molecule has 3 N–H and O–H groups in total. The smallest absolute Gasteiger partial charge is 0.407 e. The van der Waals surface area contributed by atoms with Crippen LogP contribution in [0, 0.1) is 0 Å². The van der Waals surface area contributed by atoms with Crippen LogP contribution in [0.25, 0.3) is 11.1 Å². The third kappa shape index (κ3) is 5.29. The van der Waals surface area contributed by atoms with E-state index in [0.717, 1.165) is 41.8 Å². The molecule has 8 nitrogen and oxygen atoms in total. The van der Waals surface area contributed by atoms with Gasteiger partial charge >= 0.3 is 6.09 Å². The van der Waals surface area contributed by atoms with Crippen molar-refractivity contribution >= 4 is 29.3 Å². The van der Waals surface area contributed by atoms with Gasteiger partial charge in [0.2, 0.25) is 0 Å². The molecule has 2 atom stereocenters. The number of nitrogens with zero attached hydrogens (tertiary/aromatic N) is 2. The molecule has 6 bridgehead atoms. The van der Waals surface area contributed by atoms with Crippen molar-refractivity contribution in [3.05, 3.63) is 58.9 Å². The molecule has 2 aliphatic rings. The zero-order chi connectivity index (χ0) is 22.6. The molecule has 3 aromatic rings. The number of benzene rings is 1. The summed E-state index contributed by atoms with van der Waals surface area (Å²) >= 11 is 6.06. The first kappa shape index (κ1) is 21.7. The molecular weight excluding hydrogens is 442 g/mol. The first-order chi connectivity index (χ1) is 16.1. The topological polar surface area (TPSA) is 101 Å². The number of aromatic amines is 1. The van der Waals surface area contributed by atoms with Crippen molar-refractivity contribution in [1.29, 1.82) is 0 Å². The van der Waals surface area contributed by atoms with Crippen LogP contribution in [-0.2, 0) is 16.1 Å². The Kier molecular flexibility index (Phi) is 6.46. The minimum atomic E-state index is -0.367. The second kappa shape index (κ2) is 9.80. The predicted molar refractivity (Wildman–Crippen MR) is 126 cm³/mol. The zero-order valence-electron chi connectivity index (χ0n) is 18.1. The summed E-state index contributed by atoms with van der Waals surface area (Å²) in [6.45, 7) is 1.33. The van der Waals surface area contributed by atoms with Crippen LogP contribution in [0.4, 0.5) is 16.4 Å². The van der Waals surface area contributed by atoms with E-state index >= 15 is 0 Å². The molecule has 5 rings (SSSR count). The number of hydrogen-bond acceptors (Lipinski definition) is 6. The van der Waals surface area contributed by atoms with Gasteiger partial charge in [-0.15, -0.1) is 0 Å². The van der Waals surface area contributed by atoms with Crippen LogP contribution in [0.5, 0.6) is 0 Å². The average Bonchev–Trinajstić information content (AvgIpc) is 3.46. The minimum absolute atomic E-state index is 0.0746. The standard InChI is InChI=1S/C24H26ClN5O3/c25-17-5-2-15(3-6-17)19-8-9-22-27-21(19)14-32-11-1-10-26-24(31)33-18-7-4-16(12-18)20-13-23(28-22)30-29-20/h2-3,5-6,8-9,13,16,18H,1,4,7,10-12,14H2,(H,26,31)(H2,27,28,29,30)/t16-,18+/m0/s1. The molecule has 0 unspecified atom stereocenters. The second-order valence-corrected chi connectivity index (χ2v) is 8.84. The van der Waals surface area contributed by atoms with Crippen LogP contribution in [0.1, 0.15) is 43.0 Å². The fraction of sp³-hybridized carbons (Fsp3) is 0.375. The Labute approximate surface area is 197 Å². The fourth-order valence-electron chi connectivity index (χ4n) is 4.37. The third-order valence-corrected chi connectivity index (χ3v) is 6.31. The lowest BCUT2D eigenvalue weighted by molar-refractivity contribution is 0.0957. The summed E-state index contributed by atoms with van der Waals surface area (Å²) in [6.07, 6.45) is 2.83. The van der Waals surface area contributed by atoms with E-state index in [-0.39, 0.29) is 18.1 Å². The zero-order valence-corrected chi connectivity index (χ0v) is 18.9. The second-order valence-electron chi connectivity index (χ2n) is 8.40. The van der Waals surface area contributed by atoms with E-state index in [2.05, 4.69) is 20.8 Å². The Morgan fingerprint density at radius 2 is 1.94 bits per heavy atom. The van der Waals surface area contributed by atoms with Gasteiger partial charge in [0, 0.05) is 41.4 Å². The number of anilines is 2. The Morgan fingerprint density at radius 3 is 2.82 bits per heavy atom. The van der Waals surface area contributed by atoms with Gasteiger partial charge in [0.15, 0.2) is 5.82 Å². The van der Waals surface area contributed by atoms with Crippen LogP contribution < -0.4 is 10.6 Å². The van der Waals surface area contributed by atoms with Gasteiger partial charge in [-0.25, -0.2) is 9.78 Å². The highest BCUT2D eigenvalue weighted by Gasteiger charge is 2.30. The van der Waals surface area contributed by atoms with E-state index in [1.165, 1.54) is 0 Å². The SMILES string of the molecule is O=C1NCCCOCc2nc(ccc2-c2ccc(Cl)cc2)Nc2cc([nH]n2)[C@H]2CC[C@H](C2)O1. The number of alkyl carbamates (subject to hydrolysis) is 1. The quantitative estimate of drug-likeness (QED) is 0.457. The number of rotatable bonds is 1. The van der Waals surface area contributed by atoms with Crippen molar-refractivity contribution < 1.29 is 14.3 Å². The van der Waals surface area contributed by atoms with Crippen LogP contribution in [0.3, 0.4) is 0 Å². The van der Waals surface area contributed by atoms with Crippen LogP contribution in [-0.4, -0.2) is 40.5 Å². The molecule has 1 saturated carbocycles. The molecular formula is C24H26ClN5O3. The average molecular weight is 468 g/mol. The summed E-state index contributed by atoms with van der Waals surface area (Å²) in [5.74, 6) is 1.69. The maximum absolute atomic E-state index is 12.1. The van der Waals surface area contributed by atoms with Crippen molar-refractivity contribution in [2.24, 2.45) is 0 Å². The van der Waals surface area contributed by atoms with Gasteiger partial charge < -0.3 is 20.1 Å². The van der Waals surface area contributed by atoms with Crippen molar-refractivity contribution in [2.75, 3.05) is 18.5 Å². The number of fused-ring (bicyclic) bond motifs is 7. The number of nitrogens with one attached hydrogen (secondary N) is 3. The Bertz CT molecular complexity index is 1120. The molecule has 3 heterocycles. The molecule has 1 amide bonds. The van der Waals surface area contributed by atoms with Gasteiger partial charge in [-0.1, -0.05) is 23.7 Å². The number of ether oxygens (including phenoxy) is 2. The molecule has 1 aliphatic heterocycles. The van der Waals surface area contributed by atoms with E-state index in [1.807, 2.05) is 42.5 Å². The van der Waals surface area contributed by atoms with Crippen LogP contribution in [0.2, 0.25) is 5.02 Å². The molecule has 0 saturated heterocycles. The number of pyridine rings is 1. The van der Waals surface area contributed by atoms with E-state index in [1.54, 1.807) is 0 Å². The number of H-pyrrole nitrogens is 1. The summed E-state index contributed by atoms with van der Waals surface area (Å²) in [5.41, 5.74) is 3.84. The van der Waals surface area contributed by atoms with E-state index in [4.69, 9.17) is 26.1 Å². The molecule has 0 spiro atoms. The van der Waals surface area contributed by atoms with Crippen molar-refractivity contribution in [1.82, 2.24) is 20.5 Å². The molecule has 0 radical (unpaired) electrons. The number of carbonyl (C=O) groups excluding carboxylic acids is 1. The van der Waals surface area contributed by atoms with Gasteiger partial charge in [0.1, 0.15) is 11.9 Å². The van der Waals surface area contributed by atoms with Crippen LogP contribution in [0.15, 0.2) is 42.5 Å². The Morgan fingerprint density at radius 1 is 1.06 bits per heavy atom. The molecule has 172 valence electrons. The lowest BCUT2D eigenvalue weighted by Crippen LogP contribution is -2.29. The Hall–Kier alpha value is -3.10. The normalized spacial score (nSPS) is 21.3. The largest absolute Gasteiger partial charge is 0.446 e. The summed E-state index contributed by atoms with van der Waals surface area (Å²) < 4.78 is 11.5. The number of carbonyl (C=O) groups is 1. The molecule has 1 aliphatic carbocycles. The fourth-order valence-corrected chi connectivity index (χ4v) is 4.50. The summed E-state index contributed by atoms with van der Waals surface area (Å²) in [7, 11) is 0. The summed E-state index contributed by atoms with van der Waals surface area (Å²) in [4.78, 5) is 16.9. The number of amides is 1. The van der Waals surface area contributed by atoms with Crippen molar-refractivity contribution in [2.45, 2.75) is 44.3 Å². The predicted octanol–water partition coefficient (Wildman–Crippen LogP) is 5.15. The van der Waals surface area contributed by atoms with Crippen molar-refractivity contribution in [3.63, 3.8) is 0 Å². The van der Waals surface area contributed by atoms with Crippen LogP contribution >= 0.6 is 11.6 Å². The molecule has 9 heteroatoms. The number of halogens is 1. The minimum Gasteiger partial charge on any atom is -0.446 e. The van der Waals surface area contributed by atoms with E-state index in [9.17, 15) is 4.79 Å². The third-order valence-electron chi connectivity index (χ3n) is 6.05. The van der Waals surface area contributed by atoms with Gasteiger partial charge in [-0.2, -0.15) is 5.10 Å². The maximum atomic E-state index is 12.1. The molecule has 1 fully saturated rings. The van der Waals surface area contributed by atoms with E-state index < -0.39 is 0 Å². The molecule has 2 aromatic heterocycles. The molecule has 33 heavy (non-hydrogen) atoms. The molecule has 1 aromatic carbocycles. The first-order valence-corrected chi connectivity index (χ1v) is 11.6. The van der Waals surface area contributed by atoms with Crippen molar-refractivity contribution in [3.8, 4) is 11.1 Å². The van der Waals surface area contributed by atoms with Gasteiger partial charge in [0.05, 0.1) is 12.3 Å². The van der Waals surface area contributed by atoms with E-state index in [0.29, 0.717) is 42.8 Å².